The van der Waals surface area contributed by atoms with Gasteiger partial charge in [-0.2, -0.15) is 13.2 Å². The molecule has 0 bridgehead atoms. The topological polar surface area (TPSA) is 38.7 Å². The maximum Gasteiger partial charge on any atom is 0.416 e. The van der Waals surface area contributed by atoms with Crippen molar-refractivity contribution in [1.82, 2.24) is 0 Å². The minimum absolute atomic E-state index is 0.115. The number of carbonyl (C=O) groups is 1. The fraction of sp³-hybridized carbons (Fsp3) is 0.167. The normalized spacial score (nSPS) is 17.9. The molecule has 6 heteroatoms. The van der Waals surface area contributed by atoms with Crippen molar-refractivity contribution in [1.29, 1.82) is 0 Å². The van der Waals surface area contributed by atoms with Gasteiger partial charge in [0.15, 0.2) is 11.6 Å². The Morgan fingerprint density at radius 1 is 1.28 bits per heavy atom. The second-order valence-electron chi connectivity index (χ2n) is 3.63. The number of alkyl halides is 3. The van der Waals surface area contributed by atoms with Crippen LogP contribution in [0.1, 0.15) is 18.1 Å². The summed E-state index contributed by atoms with van der Waals surface area (Å²) in [5.74, 6) is -0.625. The molecule has 0 saturated carbocycles. The van der Waals surface area contributed by atoms with Crippen LogP contribution in [-0.2, 0) is 15.7 Å². The third-order valence-corrected chi connectivity index (χ3v) is 2.29. The predicted octanol–water partition coefficient (Wildman–Crippen LogP) is 3.02. The summed E-state index contributed by atoms with van der Waals surface area (Å²) < 4.78 is 42.8. The number of hydrogen-bond donors (Lipinski definition) is 0. The van der Waals surface area contributed by atoms with Crippen LogP contribution in [-0.4, -0.2) is 11.9 Å². The van der Waals surface area contributed by atoms with Gasteiger partial charge in [0.25, 0.3) is 0 Å². The largest absolute Gasteiger partial charge is 0.416 e. The first-order chi connectivity index (χ1) is 8.38. The maximum absolute atomic E-state index is 12.7. The first kappa shape index (κ1) is 12.3. The zero-order valence-corrected chi connectivity index (χ0v) is 9.28. The standard InChI is InChI=1S/C12H8F3NO2/c1-7-16-10(11(17)18-7)6-8-4-2-3-5-9(8)12(13,14)15/h2-6H,1H3/b10-6+. The summed E-state index contributed by atoms with van der Waals surface area (Å²) in [5, 5.41) is 0. The highest BCUT2D eigenvalue weighted by Crippen LogP contribution is 2.33. The molecule has 1 aromatic rings. The molecule has 18 heavy (non-hydrogen) atoms. The summed E-state index contributed by atoms with van der Waals surface area (Å²) in [7, 11) is 0. The number of esters is 1. The number of carbonyl (C=O) groups excluding carboxylic acids is 1. The van der Waals surface area contributed by atoms with E-state index in [4.69, 9.17) is 0 Å². The van der Waals surface area contributed by atoms with Crippen molar-refractivity contribution < 1.29 is 22.7 Å². The number of halogens is 3. The lowest BCUT2D eigenvalue weighted by Gasteiger charge is -2.09. The number of hydrogen-bond acceptors (Lipinski definition) is 3. The van der Waals surface area contributed by atoms with Crippen molar-refractivity contribution in [3.8, 4) is 0 Å². The average Bonchev–Trinajstić information content (AvgIpc) is 2.57. The fourth-order valence-corrected chi connectivity index (χ4v) is 1.54. The number of aliphatic imine (C=N–C) groups is 1. The van der Waals surface area contributed by atoms with Crippen LogP contribution in [0, 0.1) is 0 Å². The van der Waals surface area contributed by atoms with Crippen molar-refractivity contribution in [2.24, 2.45) is 4.99 Å². The molecule has 0 aliphatic carbocycles. The van der Waals surface area contributed by atoms with E-state index in [0.717, 1.165) is 12.1 Å². The Bertz CT molecular complexity index is 559. The first-order valence-electron chi connectivity index (χ1n) is 5.03. The molecule has 0 saturated heterocycles. The van der Waals surface area contributed by atoms with Gasteiger partial charge in [-0.3, -0.25) is 0 Å². The summed E-state index contributed by atoms with van der Waals surface area (Å²) >= 11 is 0. The summed E-state index contributed by atoms with van der Waals surface area (Å²) in [4.78, 5) is 15.0. The Morgan fingerprint density at radius 2 is 1.94 bits per heavy atom. The van der Waals surface area contributed by atoms with Crippen molar-refractivity contribution in [3.63, 3.8) is 0 Å². The van der Waals surface area contributed by atoms with Crippen molar-refractivity contribution in [3.05, 3.63) is 41.1 Å². The third-order valence-electron chi connectivity index (χ3n) is 2.29. The van der Waals surface area contributed by atoms with E-state index < -0.39 is 17.7 Å². The molecule has 0 aromatic heterocycles. The molecule has 1 aliphatic rings. The molecule has 0 atom stereocenters. The minimum Gasteiger partial charge on any atom is -0.407 e. The van der Waals surface area contributed by atoms with Crippen molar-refractivity contribution in [2.45, 2.75) is 13.1 Å². The van der Waals surface area contributed by atoms with E-state index in [9.17, 15) is 18.0 Å². The van der Waals surface area contributed by atoms with E-state index in [1.165, 1.54) is 25.1 Å². The lowest BCUT2D eigenvalue weighted by molar-refractivity contribution is -0.137. The van der Waals surface area contributed by atoms with Gasteiger partial charge < -0.3 is 4.74 Å². The monoisotopic (exact) mass is 255 g/mol. The second kappa shape index (κ2) is 4.29. The zero-order chi connectivity index (χ0) is 13.3. The van der Waals surface area contributed by atoms with Crippen molar-refractivity contribution in [2.75, 3.05) is 0 Å². The molecule has 1 aromatic carbocycles. The maximum atomic E-state index is 12.7. The molecule has 3 nitrogen and oxygen atoms in total. The summed E-state index contributed by atoms with van der Waals surface area (Å²) in [6, 6.07) is 4.96. The Morgan fingerprint density at radius 3 is 2.50 bits per heavy atom. The molecule has 94 valence electrons. The Labute approximate surface area is 101 Å². The molecular formula is C12H8F3NO2. The summed E-state index contributed by atoms with van der Waals surface area (Å²) in [6.07, 6.45) is -3.41. The quantitative estimate of drug-likeness (QED) is 0.571. The van der Waals surface area contributed by atoms with Gasteiger partial charge in [-0.05, 0) is 17.7 Å². The molecule has 0 fully saturated rings. The smallest absolute Gasteiger partial charge is 0.407 e. The SMILES string of the molecule is CC1=N/C(=C/c2ccccc2C(F)(F)F)C(=O)O1. The zero-order valence-electron chi connectivity index (χ0n) is 9.28. The number of rotatable bonds is 1. The molecule has 0 amide bonds. The second-order valence-corrected chi connectivity index (χ2v) is 3.63. The summed E-state index contributed by atoms with van der Waals surface area (Å²) in [5.41, 5.74) is -1.07. The third kappa shape index (κ3) is 2.42. The lowest BCUT2D eigenvalue weighted by atomic mass is 10.1. The van der Waals surface area contributed by atoms with Crippen LogP contribution in [0.3, 0.4) is 0 Å². The van der Waals surface area contributed by atoms with Crippen LogP contribution in [0.5, 0.6) is 0 Å². The molecule has 0 radical (unpaired) electrons. The average molecular weight is 255 g/mol. The summed E-state index contributed by atoms with van der Waals surface area (Å²) in [6.45, 7) is 1.45. The van der Waals surface area contributed by atoms with E-state index in [0.29, 0.717) is 0 Å². The molecule has 2 rings (SSSR count). The van der Waals surface area contributed by atoms with Crippen LogP contribution in [0.15, 0.2) is 35.0 Å². The van der Waals surface area contributed by atoms with E-state index in [2.05, 4.69) is 9.73 Å². The number of benzene rings is 1. The van der Waals surface area contributed by atoms with E-state index in [1.54, 1.807) is 0 Å². The number of ether oxygens (including phenoxy) is 1. The predicted molar refractivity (Wildman–Crippen MR) is 58.6 cm³/mol. The fourth-order valence-electron chi connectivity index (χ4n) is 1.54. The van der Waals surface area contributed by atoms with Crippen LogP contribution in [0.25, 0.3) is 6.08 Å². The van der Waals surface area contributed by atoms with Gasteiger partial charge in [0, 0.05) is 6.92 Å². The van der Waals surface area contributed by atoms with Gasteiger partial charge in [-0.15, -0.1) is 0 Å². The van der Waals surface area contributed by atoms with Crippen LogP contribution in [0.4, 0.5) is 13.2 Å². The van der Waals surface area contributed by atoms with Crippen LogP contribution < -0.4 is 0 Å². The molecule has 0 N–H and O–H groups in total. The van der Waals surface area contributed by atoms with Gasteiger partial charge in [-0.1, -0.05) is 18.2 Å². The molecule has 1 heterocycles. The highest BCUT2D eigenvalue weighted by Gasteiger charge is 2.33. The van der Waals surface area contributed by atoms with E-state index in [1.807, 2.05) is 0 Å². The Balaban J connectivity index is 2.48. The van der Waals surface area contributed by atoms with E-state index >= 15 is 0 Å². The van der Waals surface area contributed by atoms with Gasteiger partial charge in [0.2, 0.25) is 0 Å². The van der Waals surface area contributed by atoms with Gasteiger partial charge in [0.1, 0.15) is 0 Å². The van der Waals surface area contributed by atoms with Gasteiger partial charge >= 0.3 is 12.1 Å². The van der Waals surface area contributed by atoms with E-state index in [-0.39, 0.29) is 17.2 Å². The van der Waals surface area contributed by atoms with Gasteiger partial charge in [0.05, 0.1) is 5.56 Å². The van der Waals surface area contributed by atoms with Gasteiger partial charge in [-0.25, -0.2) is 9.79 Å². The highest BCUT2D eigenvalue weighted by molar-refractivity contribution is 6.06. The molecular weight excluding hydrogens is 247 g/mol. The number of nitrogens with zero attached hydrogens (tertiary/aromatic N) is 1. The van der Waals surface area contributed by atoms with Crippen molar-refractivity contribution >= 4 is 17.9 Å². The van der Waals surface area contributed by atoms with Crippen LogP contribution >= 0.6 is 0 Å². The highest BCUT2D eigenvalue weighted by atomic mass is 19.4. The molecule has 0 spiro atoms. The Hall–Kier alpha value is -2.11. The lowest BCUT2D eigenvalue weighted by Crippen LogP contribution is -2.07. The molecule has 0 unspecified atom stereocenters. The first-order valence-corrected chi connectivity index (χ1v) is 5.03. The minimum atomic E-state index is -4.48. The van der Waals surface area contributed by atoms with Crippen LogP contribution in [0.2, 0.25) is 0 Å². The number of cyclic esters (lactones) is 1. The molecule has 1 aliphatic heterocycles. The Kier molecular flexibility index (Phi) is 2.94.